The van der Waals surface area contributed by atoms with Gasteiger partial charge < -0.3 is 0 Å². The van der Waals surface area contributed by atoms with Gasteiger partial charge in [-0.2, -0.15) is 5.10 Å². The first kappa shape index (κ1) is 15.8. The quantitative estimate of drug-likeness (QED) is 0.779. The number of nitrogens with zero attached hydrogens (tertiary/aromatic N) is 5. The van der Waals surface area contributed by atoms with Crippen molar-refractivity contribution in [2.75, 3.05) is 5.32 Å². The summed E-state index contributed by atoms with van der Waals surface area (Å²) in [5.74, 6) is 0.122. The second kappa shape index (κ2) is 6.99. The molecule has 0 bridgehead atoms. The fourth-order valence-corrected chi connectivity index (χ4v) is 2.37. The summed E-state index contributed by atoms with van der Waals surface area (Å²) in [6, 6.07) is 9.32. The minimum atomic E-state index is -0.152. The number of nitrogens with one attached hydrogen (secondary N) is 1. The lowest BCUT2D eigenvalue weighted by atomic mass is 10.2. The van der Waals surface area contributed by atoms with E-state index in [2.05, 4.69) is 25.4 Å². The molecule has 1 N–H and O–H groups in total. The average molecular weight is 322 g/mol. The summed E-state index contributed by atoms with van der Waals surface area (Å²) < 4.78 is 1.82. The van der Waals surface area contributed by atoms with Crippen LogP contribution in [0, 0.1) is 13.8 Å². The van der Waals surface area contributed by atoms with Gasteiger partial charge in [0.05, 0.1) is 17.1 Å². The predicted molar refractivity (Wildman–Crippen MR) is 90.2 cm³/mol. The van der Waals surface area contributed by atoms with Crippen LogP contribution >= 0.6 is 0 Å². The van der Waals surface area contributed by atoms with Crippen LogP contribution in [-0.2, 0) is 11.3 Å². The normalized spacial score (nSPS) is 10.6. The number of pyridine rings is 1. The predicted octanol–water partition coefficient (Wildman–Crippen LogP) is 2.38. The summed E-state index contributed by atoms with van der Waals surface area (Å²) >= 11 is 0. The summed E-state index contributed by atoms with van der Waals surface area (Å²) in [4.78, 5) is 24.8. The van der Waals surface area contributed by atoms with E-state index in [1.54, 1.807) is 18.5 Å². The van der Waals surface area contributed by atoms with Gasteiger partial charge in [-0.1, -0.05) is 6.07 Å². The zero-order valence-corrected chi connectivity index (χ0v) is 13.6. The molecule has 3 heterocycles. The highest BCUT2D eigenvalue weighted by Gasteiger charge is 2.08. The van der Waals surface area contributed by atoms with Crippen molar-refractivity contribution < 1.29 is 4.79 Å². The number of carbonyl (C=O) groups excluding carboxylic acids is 1. The molecular formula is C17H18N6O. The van der Waals surface area contributed by atoms with Crippen molar-refractivity contribution in [3.05, 3.63) is 54.1 Å². The third-order valence-electron chi connectivity index (χ3n) is 3.49. The van der Waals surface area contributed by atoms with Crippen LogP contribution in [0.25, 0.3) is 11.4 Å². The van der Waals surface area contributed by atoms with Gasteiger partial charge in [-0.3, -0.25) is 19.8 Å². The Bertz CT molecular complexity index is 843. The standard InChI is InChI=1S/C17H18N6O/c1-12-11-13(2)23(22-12)10-7-16(24)21-17-19-9-6-15(20-17)14-5-3-4-8-18-14/h3-6,8-9,11H,7,10H2,1-2H3,(H,19,20,21,24). The van der Waals surface area contributed by atoms with E-state index in [0.29, 0.717) is 18.7 Å². The van der Waals surface area contributed by atoms with Crippen LogP contribution in [0.15, 0.2) is 42.7 Å². The lowest BCUT2D eigenvalue weighted by Crippen LogP contribution is -2.17. The molecular weight excluding hydrogens is 304 g/mol. The molecule has 1 amide bonds. The Morgan fingerprint density at radius 3 is 2.71 bits per heavy atom. The highest BCUT2D eigenvalue weighted by Crippen LogP contribution is 2.14. The Kier molecular flexibility index (Phi) is 4.60. The Morgan fingerprint density at radius 1 is 1.12 bits per heavy atom. The number of aryl methyl sites for hydroxylation is 3. The number of aromatic nitrogens is 5. The van der Waals surface area contributed by atoms with Crippen LogP contribution in [0.3, 0.4) is 0 Å². The van der Waals surface area contributed by atoms with Gasteiger partial charge in [-0.25, -0.2) is 9.97 Å². The van der Waals surface area contributed by atoms with E-state index < -0.39 is 0 Å². The van der Waals surface area contributed by atoms with Crippen LogP contribution in [0.1, 0.15) is 17.8 Å². The molecule has 3 rings (SSSR count). The number of rotatable bonds is 5. The zero-order valence-electron chi connectivity index (χ0n) is 13.6. The summed E-state index contributed by atoms with van der Waals surface area (Å²) in [6.45, 7) is 4.42. The smallest absolute Gasteiger partial charge is 0.229 e. The van der Waals surface area contributed by atoms with Gasteiger partial charge in [-0.05, 0) is 38.1 Å². The number of carbonyl (C=O) groups is 1. The average Bonchev–Trinajstić information content (AvgIpc) is 2.91. The summed E-state index contributed by atoms with van der Waals surface area (Å²) in [5.41, 5.74) is 3.38. The lowest BCUT2D eigenvalue weighted by molar-refractivity contribution is -0.116. The minimum absolute atomic E-state index is 0.152. The molecule has 0 atom stereocenters. The van der Waals surface area contributed by atoms with E-state index >= 15 is 0 Å². The van der Waals surface area contributed by atoms with E-state index in [0.717, 1.165) is 17.1 Å². The van der Waals surface area contributed by atoms with Crippen LogP contribution < -0.4 is 5.32 Å². The van der Waals surface area contributed by atoms with E-state index in [-0.39, 0.29) is 11.9 Å². The largest absolute Gasteiger partial charge is 0.294 e. The molecule has 7 nitrogen and oxygen atoms in total. The van der Waals surface area contributed by atoms with Gasteiger partial charge in [0.15, 0.2) is 0 Å². The highest BCUT2D eigenvalue weighted by molar-refractivity contribution is 5.89. The first-order chi connectivity index (χ1) is 11.6. The van der Waals surface area contributed by atoms with Crippen molar-refractivity contribution in [3.8, 4) is 11.4 Å². The van der Waals surface area contributed by atoms with Crippen molar-refractivity contribution >= 4 is 11.9 Å². The van der Waals surface area contributed by atoms with E-state index in [4.69, 9.17) is 0 Å². The molecule has 0 aliphatic heterocycles. The zero-order chi connectivity index (χ0) is 16.9. The van der Waals surface area contributed by atoms with E-state index in [1.165, 1.54) is 0 Å². The van der Waals surface area contributed by atoms with Gasteiger partial charge in [0.2, 0.25) is 11.9 Å². The van der Waals surface area contributed by atoms with Gasteiger partial charge in [-0.15, -0.1) is 0 Å². The Morgan fingerprint density at radius 2 is 2.00 bits per heavy atom. The molecule has 0 spiro atoms. The molecule has 122 valence electrons. The summed E-state index contributed by atoms with van der Waals surface area (Å²) in [6.07, 6.45) is 3.61. The first-order valence-electron chi connectivity index (χ1n) is 7.67. The molecule has 3 aromatic rings. The Hall–Kier alpha value is -3.09. The number of hydrogen-bond acceptors (Lipinski definition) is 5. The van der Waals surface area contributed by atoms with E-state index in [1.807, 2.05) is 42.8 Å². The molecule has 7 heteroatoms. The summed E-state index contributed by atoms with van der Waals surface area (Å²) in [7, 11) is 0. The van der Waals surface area contributed by atoms with Crippen molar-refractivity contribution in [2.45, 2.75) is 26.8 Å². The molecule has 0 aliphatic rings. The Labute approximate surface area is 139 Å². The second-order valence-corrected chi connectivity index (χ2v) is 5.43. The molecule has 0 aromatic carbocycles. The maximum Gasteiger partial charge on any atom is 0.229 e. The molecule has 24 heavy (non-hydrogen) atoms. The number of anilines is 1. The monoisotopic (exact) mass is 322 g/mol. The molecule has 0 saturated carbocycles. The fourth-order valence-electron chi connectivity index (χ4n) is 2.37. The maximum absolute atomic E-state index is 12.1. The van der Waals surface area contributed by atoms with Gasteiger partial charge >= 0.3 is 0 Å². The fraction of sp³-hybridized carbons (Fsp3) is 0.235. The Balaban J connectivity index is 1.63. The van der Waals surface area contributed by atoms with Gasteiger partial charge in [0, 0.05) is 31.1 Å². The minimum Gasteiger partial charge on any atom is -0.294 e. The van der Waals surface area contributed by atoms with Crippen molar-refractivity contribution in [1.82, 2.24) is 24.7 Å². The van der Waals surface area contributed by atoms with Crippen LogP contribution in [0.5, 0.6) is 0 Å². The summed E-state index contributed by atoms with van der Waals surface area (Å²) in [5, 5.41) is 7.06. The lowest BCUT2D eigenvalue weighted by Gasteiger charge is -2.06. The third kappa shape index (κ3) is 3.81. The maximum atomic E-state index is 12.1. The number of hydrogen-bond donors (Lipinski definition) is 1. The van der Waals surface area contributed by atoms with Crippen LogP contribution in [-0.4, -0.2) is 30.6 Å². The van der Waals surface area contributed by atoms with Crippen LogP contribution in [0.4, 0.5) is 5.95 Å². The second-order valence-electron chi connectivity index (χ2n) is 5.43. The van der Waals surface area contributed by atoms with Gasteiger partial charge in [0.25, 0.3) is 0 Å². The molecule has 0 radical (unpaired) electrons. The molecule has 0 unspecified atom stereocenters. The van der Waals surface area contributed by atoms with E-state index in [9.17, 15) is 4.79 Å². The van der Waals surface area contributed by atoms with Crippen LogP contribution in [0.2, 0.25) is 0 Å². The van der Waals surface area contributed by atoms with Gasteiger partial charge in [0.1, 0.15) is 0 Å². The van der Waals surface area contributed by atoms with Crippen molar-refractivity contribution in [3.63, 3.8) is 0 Å². The highest BCUT2D eigenvalue weighted by atomic mass is 16.1. The SMILES string of the molecule is Cc1cc(C)n(CCC(=O)Nc2nccc(-c3ccccn3)n2)n1. The van der Waals surface area contributed by atoms with Crippen molar-refractivity contribution in [2.24, 2.45) is 0 Å². The molecule has 0 aliphatic carbocycles. The van der Waals surface area contributed by atoms with Crippen molar-refractivity contribution in [1.29, 1.82) is 0 Å². The molecule has 3 aromatic heterocycles. The first-order valence-corrected chi connectivity index (χ1v) is 7.67. The molecule has 0 fully saturated rings. The number of amides is 1. The molecule has 0 saturated heterocycles. The topological polar surface area (TPSA) is 85.6 Å². The third-order valence-corrected chi connectivity index (χ3v) is 3.49.